The van der Waals surface area contributed by atoms with Crippen molar-refractivity contribution in [3.63, 3.8) is 0 Å². The highest BCUT2D eigenvalue weighted by Gasteiger charge is 1.96. The average molecular weight is 198 g/mol. The minimum atomic E-state index is 0.0611. The molecular weight excluding hydrogens is 187 g/mol. The lowest BCUT2D eigenvalue weighted by atomic mass is 9.89. The normalized spacial score (nSPS) is 9.67. The molecule has 0 amide bonds. The van der Waals surface area contributed by atoms with E-state index in [0.717, 1.165) is 17.0 Å². The van der Waals surface area contributed by atoms with Crippen LogP contribution in [0.4, 0.5) is 0 Å². The van der Waals surface area contributed by atoms with E-state index in [1.54, 1.807) is 0 Å². The molecule has 0 bridgehead atoms. The highest BCUT2D eigenvalue weighted by atomic mass is 16.5. The molecule has 0 saturated heterocycles. The Morgan fingerprint density at radius 1 is 0.800 bits per heavy atom. The standard InChI is InChI=1S/C12H11BO2/c14-13-10-6-8-12(9-7-10)15-11-4-2-1-3-5-11/h1-9,13-14H. The number of hydrogen-bond acceptors (Lipinski definition) is 2. The number of ether oxygens (including phenoxy) is 1. The van der Waals surface area contributed by atoms with E-state index in [1.807, 2.05) is 54.6 Å². The Hall–Kier alpha value is -1.74. The lowest BCUT2D eigenvalue weighted by molar-refractivity contribution is 0.483. The molecule has 0 unspecified atom stereocenters. The Morgan fingerprint density at radius 3 is 2.00 bits per heavy atom. The van der Waals surface area contributed by atoms with E-state index in [1.165, 1.54) is 0 Å². The van der Waals surface area contributed by atoms with Crippen molar-refractivity contribution < 1.29 is 9.76 Å². The van der Waals surface area contributed by atoms with Gasteiger partial charge in [-0.1, -0.05) is 35.8 Å². The van der Waals surface area contributed by atoms with Gasteiger partial charge in [-0.15, -0.1) is 0 Å². The summed E-state index contributed by atoms with van der Waals surface area (Å²) in [6.45, 7) is 0. The molecular formula is C12H11BO2. The summed E-state index contributed by atoms with van der Waals surface area (Å²) in [5.41, 5.74) is 0.885. The van der Waals surface area contributed by atoms with E-state index in [2.05, 4.69) is 0 Å². The first-order chi connectivity index (χ1) is 7.38. The van der Waals surface area contributed by atoms with Crippen LogP contribution in [0.15, 0.2) is 54.6 Å². The summed E-state index contributed by atoms with van der Waals surface area (Å²) >= 11 is 0. The van der Waals surface area contributed by atoms with E-state index >= 15 is 0 Å². The average Bonchev–Trinajstić information content (AvgIpc) is 2.31. The monoisotopic (exact) mass is 198 g/mol. The van der Waals surface area contributed by atoms with Crippen molar-refractivity contribution in [2.45, 2.75) is 0 Å². The van der Waals surface area contributed by atoms with Gasteiger partial charge in [0.1, 0.15) is 11.5 Å². The van der Waals surface area contributed by atoms with Gasteiger partial charge >= 0.3 is 7.48 Å². The van der Waals surface area contributed by atoms with Crippen molar-refractivity contribution in [1.82, 2.24) is 0 Å². The molecule has 0 radical (unpaired) electrons. The maximum Gasteiger partial charge on any atom is 0.304 e. The van der Waals surface area contributed by atoms with Gasteiger partial charge in [-0.25, -0.2) is 0 Å². The zero-order valence-electron chi connectivity index (χ0n) is 8.26. The van der Waals surface area contributed by atoms with Crippen LogP contribution >= 0.6 is 0 Å². The van der Waals surface area contributed by atoms with Crippen LogP contribution in [0, 0.1) is 0 Å². The number of para-hydroxylation sites is 1. The van der Waals surface area contributed by atoms with Gasteiger partial charge in [-0.3, -0.25) is 0 Å². The van der Waals surface area contributed by atoms with Crippen molar-refractivity contribution in [1.29, 1.82) is 0 Å². The van der Waals surface area contributed by atoms with Crippen molar-refractivity contribution in [2.75, 3.05) is 0 Å². The minimum Gasteiger partial charge on any atom is -0.457 e. The molecule has 0 heterocycles. The van der Waals surface area contributed by atoms with Gasteiger partial charge in [0, 0.05) is 0 Å². The summed E-state index contributed by atoms with van der Waals surface area (Å²) in [6.07, 6.45) is 0. The summed E-state index contributed by atoms with van der Waals surface area (Å²) in [7, 11) is 0.0611. The number of benzene rings is 2. The molecule has 0 aromatic heterocycles. The fraction of sp³-hybridized carbons (Fsp3) is 0. The Balaban J connectivity index is 2.11. The van der Waals surface area contributed by atoms with Crippen LogP contribution in [0.25, 0.3) is 0 Å². The van der Waals surface area contributed by atoms with Gasteiger partial charge in [-0.2, -0.15) is 0 Å². The minimum absolute atomic E-state index is 0.0611. The van der Waals surface area contributed by atoms with Crippen molar-refractivity contribution in [3.8, 4) is 11.5 Å². The van der Waals surface area contributed by atoms with Crippen LogP contribution in [-0.2, 0) is 0 Å². The molecule has 0 aliphatic heterocycles. The smallest absolute Gasteiger partial charge is 0.304 e. The lowest BCUT2D eigenvalue weighted by Gasteiger charge is -2.05. The van der Waals surface area contributed by atoms with E-state index in [-0.39, 0.29) is 7.48 Å². The Bertz CT molecular complexity index is 411. The fourth-order valence-electron chi connectivity index (χ4n) is 1.29. The highest BCUT2D eigenvalue weighted by Crippen LogP contribution is 2.19. The van der Waals surface area contributed by atoms with E-state index in [0.29, 0.717) is 0 Å². The largest absolute Gasteiger partial charge is 0.457 e. The van der Waals surface area contributed by atoms with Gasteiger partial charge in [-0.05, 0) is 24.3 Å². The SMILES string of the molecule is OBc1ccc(Oc2ccccc2)cc1. The molecule has 2 rings (SSSR count). The summed E-state index contributed by atoms with van der Waals surface area (Å²) in [6, 6.07) is 17.0. The van der Waals surface area contributed by atoms with Gasteiger partial charge < -0.3 is 9.76 Å². The molecule has 1 N–H and O–H groups in total. The molecule has 15 heavy (non-hydrogen) atoms. The molecule has 2 nitrogen and oxygen atoms in total. The summed E-state index contributed by atoms with van der Waals surface area (Å²) in [5.74, 6) is 1.59. The second kappa shape index (κ2) is 4.67. The van der Waals surface area contributed by atoms with E-state index < -0.39 is 0 Å². The lowest BCUT2D eigenvalue weighted by Crippen LogP contribution is -2.11. The zero-order chi connectivity index (χ0) is 10.5. The molecule has 0 aliphatic carbocycles. The van der Waals surface area contributed by atoms with Gasteiger partial charge in [0.2, 0.25) is 0 Å². The summed E-state index contributed by atoms with van der Waals surface area (Å²) < 4.78 is 5.60. The quantitative estimate of drug-likeness (QED) is 0.756. The molecule has 0 atom stereocenters. The van der Waals surface area contributed by atoms with Crippen molar-refractivity contribution >= 4 is 12.9 Å². The van der Waals surface area contributed by atoms with Crippen LogP contribution < -0.4 is 10.2 Å². The van der Waals surface area contributed by atoms with Crippen LogP contribution in [0.5, 0.6) is 11.5 Å². The van der Waals surface area contributed by atoms with Gasteiger partial charge in [0.25, 0.3) is 0 Å². The maximum absolute atomic E-state index is 8.88. The third-order valence-corrected chi connectivity index (χ3v) is 2.08. The van der Waals surface area contributed by atoms with Gasteiger partial charge in [0.05, 0.1) is 0 Å². The van der Waals surface area contributed by atoms with Crippen molar-refractivity contribution in [2.24, 2.45) is 0 Å². The zero-order valence-corrected chi connectivity index (χ0v) is 8.26. The first kappa shape index (κ1) is 9.81. The van der Waals surface area contributed by atoms with E-state index in [4.69, 9.17) is 9.76 Å². The number of hydrogen-bond donors (Lipinski definition) is 1. The molecule has 0 spiro atoms. The Labute approximate surface area is 89.4 Å². The fourth-order valence-corrected chi connectivity index (χ4v) is 1.29. The third-order valence-electron chi connectivity index (χ3n) is 2.08. The Morgan fingerprint density at radius 2 is 1.40 bits per heavy atom. The molecule has 0 aliphatic rings. The Kier molecular flexibility index (Phi) is 3.05. The summed E-state index contributed by atoms with van der Waals surface area (Å²) in [4.78, 5) is 0. The predicted molar refractivity (Wildman–Crippen MR) is 62.0 cm³/mol. The van der Waals surface area contributed by atoms with Gasteiger partial charge in [0.15, 0.2) is 0 Å². The molecule has 2 aromatic carbocycles. The van der Waals surface area contributed by atoms with Crippen molar-refractivity contribution in [3.05, 3.63) is 54.6 Å². The second-order valence-corrected chi connectivity index (χ2v) is 3.22. The molecule has 0 saturated carbocycles. The molecule has 3 heteroatoms. The van der Waals surface area contributed by atoms with Crippen LogP contribution in [-0.4, -0.2) is 12.5 Å². The third kappa shape index (κ3) is 2.61. The van der Waals surface area contributed by atoms with Crippen LogP contribution in [0.1, 0.15) is 0 Å². The maximum atomic E-state index is 8.88. The molecule has 2 aromatic rings. The topological polar surface area (TPSA) is 29.5 Å². The second-order valence-electron chi connectivity index (χ2n) is 3.22. The van der Waals surface area contributed by atoms with Crippen LogP contribution in [0.3, 0.4) is 0 Å². The van der Waals surface area contributed by atoms with Crippen LogP contribution in [0.2, 0.25) is 0 Å². The summed E-state index contributed by atoms with van der Waals surface area (Å²) in [5, 5.41) is 8.88. The molecule has 74 valence electrons. The first-order valence-electron chi connectivity index (χ1n) is 4.81. The van der Waals surface area contributed by atoms with E-state index in [9.17, 15) is 0 Å². The highest BCUT2D eigenvalue weighted by molar-refractivity contribution is 6.45. The first-order valence-corrected chi connectivity index (χ1v) is 4.81. The molecule has 0 fully saturated rings. The predicted octanol–water partition coefficient (Wildman–Crippen LogP) is 1.45. The number of rotatable bonds is 3.